The lowest BCUT2D eigenvalue weighted by atomic mass is 9.94. The molecule has 0 aromatic rings. The van der Waals surface area contributed by atoms with Crippen LogP contribution in [-0.4, -0.2) is 34.3 Å². The Kier molecular flexibility index (Phi) is 9.95. The fraction of sp³-hybridized carbons (Fsp3) is 1.00. The van der Waals surface area contributed by atoms with Gasteiger partial charge in [0.1, 0.15) is 0 Å². The maximum Gasteiger partial charge on any atom is 0.0836 e. The molecule has 2 atom stereocenters. The Morgan fingerprint density at radius 1 is 0.812 bits per heavy atom. The monoisotopic (exact) mass is 452 g/mol. The average Bonchev–Trinajstić information content (AvgIpc) is 2.32. The van der Waals surface area contributed by atoms with Gasteiger partial charge in [-0.05, 0) is 25.7 Å². The van der Waals surface area contributed by atoms with Crippen molar-refractivity contribution >= 4 is 45.2 Å². The van der Waals surface area contributed by atoms with Gasteiger partial charge >= 0.3 is 0 Å². The Labute approximate surface area is 126 Å². The van der Waals surface area contributed by atoms with Gasteiger partial charge in [0, 0.05) is 22.1 Å². The molecule has 0 radical (unpaired) electrons. The second-order valence-corrected chi connectivity index (χ2v) is 6.35. The number of ether oxygens (including phenoxy) is 2. The molecule has 0 bridgehead atoms. The van der Waals surface area contributed by atoms with E-state index in [0.29, 0.717) is 12.2 Å². The molecular weight excluding hydrogens is 430 g/mol. The molecule has 0 amide bonds. The van der Waals surface area contributed by atoms with Crippen LogP contribution in [0.3, 0.4) is 0 Å². The maximum atomic E-state index is 5.93. The van der Waals surface area contributed by atoms with Crippen molar-refractivity contribution in [2.24, 2.45) is 0 Å². The molecule has 0 aliphatic heterocycles. The molecular formula is C12H22I2O2. The third kappa shape index (κ3) is 6.35. The summed E-state index contributed by atoms with van der Waals surface area (Å²) in [5, 5.41) is 0. The molecule has 96 valence electrons. The van der Waals surface area contributed by atoms with E-state index in [1.54, 1.807) is 0 Å². The lowest BCUT2D eigenvalue weighted by molar-refractivity contribution is -0.0913. The number of rotatable bonds is 8. The molecule has 0 N–H and O–H groups in total. The van der Waals surface area contributed by atoms with Crippen LogP contribution in [0, 0.1) is 0 Å². The molecule has 2 nitrogen and oxygen atoms in total. The first-order chi connectivity index (χ1) is 7.88. The summed E-state index contributed by atoms with van der Waals surface area (Å²) in [4.78, 5) is 0. The van der Waals surface area contributed by atoms with Crippen LogP contribution in [0.5, 0.6) is 0 Å². The molecule has 2 unspecified atom stereocenters. The average molecular weight is 452 g/mol. The van der Waals surface area contributed by atoms with Gasteiger partial charge in [0.25, 0.3) is 0 Å². The fourth-order valence-electron chi connectivity index (χ4n) is 2.02. The molecule has 16 heavy (non-hydrogen) atoms. The van der Waals surface area contributed by atoms with Gasteiger partial charge in [0.05, 0.1) is 12.2 Å². The topological polar surface area (TPSA) is 18.5 Å². The largest absolute Gasteiger partial charge is 0.375 e. The number of halogens is 2. The smallest absolute Gasteiger partial charge is 0.0836 e. The first-order valence-corrected chi connectivity index (χ1v) is 9.28. The van der Waals surface area contributed by atoms with Crippen LogP contribution in [0.1, 0.15) is 38.5 Å². The summed E-state index contributed by atoms with van der Waals surface area (Å²) >= 11 is 4.80. The highest BCUT2D eigenvalue weighted by Crippen LogP contribution is 2.24. The first kappa shape index (κ1) is 15.4. The van der Waals surface area contributed by atoms with Crippen LogP contribution in [-0.2, 0) is 9.47 Å². The number of hydrogen-bond acceptors (Lipinski definition) is 2. The van der Waals surface area contributed by atoms with Crippen molar-refractivity contribution in [1.29, 1.82) is 0 Å². The normalized spacial score (nSPS) is 25.9. The Bertz CT molecular complexity index is 149. The van der Waals surface area contributed by atoms with Gasteiger partial charge in [-0.15, -0.1) is 0 Å². The fourth-order valence-corrected chi connectivity index (χ4v) is 2.65. The van der Waals surface area contributed by atoms with E-state index in [1.165, 1.54) is 34.5 Å². The summed E-state index contributed by atoms with van der Waals surface area (Å²) in [6, 6.07) is 0. The minimum absolute atomic E-state index is 0.367. The lowest BCUT2D eigenvalue weighted by Gasteiger charge is -2.31. The minimum Gasteiger partial charge on any atom is -0.375 e. The van der Waals surface area contributed by atoms with E-state index < -0.39 is 0 Å². The third-order valence-corrected chi connectivity index (χ3v) is 4.39. The van der Waals surface area contributed by atoms with E-state index in [9.17, 15) is 0 Å². The van der Waals surface area contributed by atoms with Gasteiger partial charge in [-0.2, -0.15) is 0 Å². The zero-order valence-corrected chi connectivity index (χ0v) is 14.1. The summed E-state index contributed by atoms with van der Waals surface area (Å²) in [7, 11) is 0. The molecule has 1 rings (SSSR count). The van der Waals surface area contributed by atoms with Crippen molar-refractivity contribution in [3.05, 3.63) is 0 Å². The van der Waals surface area contributed by atoms with E-state index in [4.69, 9.17) is 9.47 Å². The molecule has 1 saturated carbocycles. The zero-order chi connectivity index (χ0) is 11.6. The van der Waals surface area contributed by atoms with Crippen LogP contribution < -0.4 is 0 Å². The molecule has 1 aliphatic carbocycles. The second kappa shape index (κ2) is 10.3. The molecule has 1 aliphatic rings. The van der Waals surface area contributed by atoms with Gasteiger partial charge in [-0.1, -0.05) is 58.0 Å². The van der Waals surface area contributed by atoms with Crippen molar-refractivity contribution in [3.8, 4) is 0 Å². The van der Waals surface area contributed by atoms with Crippen molar-refractivity contribution in [2.75, 3.05) is 22.1 Å². The van der Waals surface area contributed by atoms with Gasteiger partial charge < -0.3 is 9.47 Å². The number of hydrogen-bond donors (Lipinski definition) is 0. The van der Waals surface area contributed by atoms with Crippen LogP contribution >= 0.6 is 45.2 Å². The standard InChI is InChI=1S/C12H22I2O2/c13-7-3-9-15-11-5-1-2-6-12(11)16-10-4-8-14/h11-12H,1-10H2. The van der Waals surface area contributed by atoms with E-state index >= 15 is 0 Å². The van der Waals surface area contributed by atoms with E-state index in [-0.39, 0.29) is 0 Å². The van der Waals surface area contributed by atoms with Crippen molar-refractivity contribution in [2.45, 2.75) is 50.7 Å². The predicted molar refractivity (Wildman–Crippen MR) is 85.0 cm³/mol. The highest BCUT2D eigenvalue weighted by atomic mass is 127. The van der Waals surface area contributed by atoms with Crippen molar-refractivity contribution in [3.63, 3.8) is 0 Å². The summed E-state index contributed by atoms with van der Waals surface area (Å²) in [5.41, 5.74) is 0. The Hall–Kier alpha value is 1.38. The van der Waals surface area contributed by atoms with Gasteiger partial charge in [-0.25, -0.2) is 0 Å². The SMILES string of the molecule is ICCCOC1CCCCC1OCCCI. The third-order valence-electron chi connectivity index (χ3n) is 2.86. The minimum atomic E-state index is 0.367. The van der Waals surface area contributed by atoms with Crippen LogP contribution in [0.15, 0.2) is 0 Å². The van der Waals surface area contributed by atoms with Crippen molar-refractivity contribution < 1.29 is 9.47 Å². The highest BCUT2D eigenvalue weighted by Gasteiger charge is 2.26. The first-order valence-electron chi connectivity index (χ1n) is 6.23. The summed E-state index contributed by atoms with van der Waals surface area (Å²) < 4.78 is 14.2. The lowest BCUT2D eigenvalue weighted by Crippen LogP contribution is -2.35. The molecule has 4 heteroatoms. The summed E-state index contributed by atoms with van der Waals surface area (Å²) in [6.45, 7) is 1.81. The highest BCUT2D eigenvalue weighted by molar-refractivity contribution is 14.1. The Balaban J connectivity index is 2.20. The van der Waals surface area contributed by atoms with Gasteiger partial charge in [-0.3, -0.25) is 0 Å². The van der Waals surface area contributed by atoms with Crippen LogP contribution in [0.2, 0.25) is 0 Å². The predicted octanol–water partition coefficient (Wildman–Crippen LogP) is 3.98. The zero-order valence-electron chi connectivity index (χ0n) is 9.80. The van der Waals surface area contributed by atoms with Crippen LogP contribution in [0.4, 0.5) is 0 Å². The molecule has 0 aromatic heterocycles. The quantitative estimate of drug-likeness (QED) is 0.315. The molecule has 0 heterocycles. The van der Waals surface area contributed by atoms with E-state index in [0.717, 1.165) is 26.1 Å². The maximum absolute atomic E-state index is 5.93. The van der Waals surface area contributed by atoms with E-state index in [1.807, 2.05) is 0 Å². The Morgan fingerprint density at radius 3 is 1.62 bits per heavy atom. The van der Waals surface area contributed by atoms with Crippen molar-refractivity contribution in [1.82, 2.24) is 0 Å². The molecule has 0 spiro atoms. The molecule has 0 aromatic carbocycles. The molecule has 1 fully saturated rings. The summed E-state index contributed by atoms with van der Waals surface area (Å²) in [6.07, 6.45) is 8.06. The Morgan fingerprint density at radius 2 is 1.25 bits per heavy atom. The summed E-state index contributed by atoms with van der Waals surface area (Å²) in [5.74, 6) is 0. The van der Waals surface area contributed by atoms with Crippen LogP contribution in [0.25, 0.3) is 0 Å². The second-order valence-electron chi connectivity index (χ2n) is 4.19. The van der Waals surface area contributed by atoms with Gasteiger partial charge in [0.2, 0.25) is 0 Å². The van der Waals surface area contributed by atoms with Gasteiger partial charge in [0.15, 0.2) is 0 Å². The van der Waals surface area contributed by atoms with E-state index in [2.05, 4.69) is 45.2 Å². The molecule has 0 saturated heterocycles. The number of alkyl halides is 2.